The van der Waals surface area contributed by atoms with E-state index in [1.807, 2.05) is 0 Å². The van der Waals surface area contributed by atoms with Crippen LogP contribution in [0.3, 0.4) is 0 Å². The summed E-state index contributed by atoms with van der Waals surface area (Å²) >= 11 is 0. The summed E-state index contributed by atoms with van der Waals surface area (Å²) in [6.45, 7) is 9.89. The van der Waals surface area contributed by atoms with Gasteiger partial charge in [-0.25, -0.2) is 0 Å². The minimum absolute atomic E-state index is 0.00120. The van der Waals surface area contributed by atoms with Crippen LogP contribution in [0.15, 0.2) is 176 Å². The van der Waals surface area contributed by atoms with Crippen LogP contribution in [0.5, 0.6) is 0 Å². The Labute approximate surface area is 367 Å². The summed E-state index contributed by atoms with van der Waals surface area (Å²) in [6, 6.07) is 67.7. The molecule has 62 heavy (non-hydrogen) atoms. The molecule has 8 aromatic rings. The Kier molecular flexibility index (Phi) is 8.30. The van der Waals surface area contributed by atoms with Crippen LogP contribution in [0.25, 0.3) is 44.5 Å². The molecule has 12 rings (SSSR count). The molecule has 0 aliphatic heterocycles. The molecule has 0 bridgehead atoms. The Hall–Kier alpha value is -6.44. The molecule has 0 amide bonds. The SMILES string of the molecule is CC1(C)CCC(C)(C)c2c(-c3cc4c(cc3N(c3ccccc3)c3cc5c(cc3-c3ccccc3)CCCC5)C3(c5ccccc5-c5ccccc53)c3ccccc3-4)cccc21. The van der Waals surface area contributed by atoms with Gasteiger partial charge in [0.15, 0.2) is 0 Å². The molecule has 4 aliphatic rings. The molecular formula is C61H53N. The molecule has 0 unspecified atom stereocenters. The van der Waals surface area contributed by atoms with Gasteiger partial charge in [0.25, 0.3) is 0 Å². The molecule has 0 heterocycles. The van der Waals surface area contributed by atoms with Crippen LogP contribution in [-0.2, 0) is 29.1 Å². The van der Waals surface area contributed by atoms with Gasteiger partial charge in [-0.1, -0.05) is 167 Å². The standard InChI is InChI=1S/C61H53N/c1-59(2)34-35-60(3,4)58-47(29-19-33-54(58)59)50-38-49-46-28-15-18-32-53(46)61(51-30-16-13-26-44(51)45-27-14-17-31-52(45)61)55(49)39-57(50)62(43-24-9-6-10-25-43)56-37-42-23-12-11-22-41(42)36-48(56)40-20-7-5-8-21-40/h5-10,13-21,24-33,36-39H,11-12,22-23,34-35H2,1-4H3. The molecule has 0 saturated heterocycles. The van der Waals surface area contributed by atoms with Crippen LogP contribution in [0.4, 0.5) is 17.1 Å². The van der Waals surface area contributed by atoms with E-state index in [-0.39, 0.29) is 10.8 Å². The van der Waals surface area contributed by atoms with Crippen molar-refractivity contribution in [1.82, 2.24) is 0 Å². The fourth-order valence-corrected chi connectivity index (χ4v) is 12.3. The second-order valence-corrected chi connectivity index (χ2v) is 19.7. The number of nitrogens with zero attached hydrogens (tertiary/aromatic N) is 1. The van der Waals surface area contributed by atoms with Gasteiger partial charge in [0.2, 0.25) is 0 Å². The van der Waals surface area contributed by atoms with Crippen molar-refractivity contribution in [3.05, 3.63) is 220 Å². The number of hydrogen-bond acceptors (Lipinski definition) is 1. The summed E-state index contributed by atoms with van der Waals surface area (Å²) in [4.78, 5) is 2.65. The van der Waals surface area contributed by atoms with Crippen LogP contribution in [0.2, 0.25) is 0 Å². The number of benzene rings is 8. The summed E-state index contributed by atoms with van der Waals surface area (Å²) in [5.74, 6) is 0. The summed E-state index contributed by atoms with van der Waals surface area (Å²) in [7, 11) is 0. The Morgan fingerprint density at radius 2 is 0.871 bits per heavy atom. The number of rotatable bonds is 5. The maximum atomic E-state index is 2.65. The largest absolute Gasteiger partial charge is 0.309 e. The molecule has 8 aromatic carbocycles. The number of para-hydroxylation sites is 1. The Morgan fingerprint density at radius 3 is 1.52 bits per heavy atom. The third-order valence-corrected chi connectivity index (χ3v) is 15.3. The van der Waals surface area contributed by atoms with Crippen LogP contribution in [0.1, 0.15) is 97.9 Å². The average Bonchev–Trinajstić information content (AvgIpc) is 3.77. The van der Waals surface area contributed by atoms with Crippen LogP contribution in [-0.4, -0.2) is 0 Å². The third kappa shape index (κ3) is 5.33. The second kappa shape index (κ2) is 13.8. The van der Waals surface area contributed by atoms with E-state index < -0.39 is 5.41 Å². The first-order chi connectivity index (χ1) is 30.3. The fraction of sp³-hybridized carbons (Fsp3) is 0.213. The van der Waals surface area contributed by atoms with E-state index in [0.717, 1.165) is 19.3 Å². The highest BCUT2D eigenvalue weighted by atomic mass is 15.1. The molecule has 1 spiro atoms. The first kappa shape index (κ1) is 37.3. The Balaban J connectivity index is 1.26. The molecular weight excluding hydrogens is 747 g/mol. The van der Waals surface area contributed by atoms with Gasteiger partial charge in [-0.2, -0.15) is 0 Å². The number of fused-ring (bicyclic) bond motifs is 12. The molecule has 1 heteroatoms. The van der Waals surface area contributed by atoms with E-state index in [2.05, 4.69) is 209 Å². The van der Waals surface area contributed by atoms with Crippen molar-refractivity contribution in [1.29, 1.82) is 0 Å². The minimum atomic E-state index is -0.468. The van der Waals surface area contributed by atoms with Crippen molar-refractivity contribution in [3.63, 3.8) is 0 Å². The van der Waals surface area contributed by atoms with E-state index >= 15 is 0 Å². The topological polar surface area (TPSA) is 3.24 Å². The summed E-state index contributed by atoms with van der Waals surface area (Å²) in [5.41, 5.74) is 25.2. The minimum Gasteiger partial charge on any atom is -0.309 e. The number of anilines is 3. The summed E-state index contributed by atoms with van der Waals surface area (Å²) < 4.78 is 0. The van der Waals surface area contributed by atoms with Gasteiger partial charge >= 0.3 is 0 Å². The predicted molar refractivity (Wildman–Crippen MR) is 260 cm³/mol. The lowest BCUT2D eigenvalue weighted by atomic mass is 9.61. The van der Waals surface area contributed by atoms with Crippen LogP contribution < -0.4 is 4.90 Å². The van der Waals surface area contributed by atoms with Crippen LogP contribution in [0, 0.1) is 0 Å². The monoisotopic (exact) mass is 799 g/mol. The van der Waals surface area contributed by atoms with E-state index in [1.54, 1.807) is 0 Å². The predicted octanol–water partition coefficient (Wildman–Crippen LogP) is 16.1. The smallest absolute Gasteiger partial charge is 0.0726 e. The van der Waals surface area contributed by atoms with Crippen molar-refractivity contribution in [2.24, 2.45) is 0 Å². The molecule has 0 fully saturated rings. The second-order valence-electron chi connectivity index (χ2n) is 19.7. The Morgan fingerprint density at radius 1 is 0.371 bits per heavy atom. The molecule has 0 aromatic heterocycles. The van der Waals surface area contributed by atoms with Crippen LogP contribution >= 0.6 is 0 Å². The van der Waals surface area contributed by atoms with Gasteiger partial charge in [-0.3, -0.25) is 0 Å². The summed E-state index contributed by atoms with van der Waals surface area (Å²) in [6.07, 6.45) is 7.04. The van der Waals surface area contributed by atoms with Crippen molar-refractivity contribution in [3.8, 4) is 44.5 Å². The maximum Gasteiger partial charge on any atom is 0.0726 e. The lowest BCUT2D eigenvalue weighted by Crippen LogP contribution is -2.34. The van der Waals surface area contributed by atoms with E-state index in [9.17, 15) is 0 Å². The van der Waals surface area contributed by atoms with E-state index in [4.69, 9.17) is 0 Å². The normalized spacial score (nSPS) is 16.7. The molecule has 0 radical (unpaired) electrons. The van der Waals surface area contributed by atoms with Gasteiger partial charge in [0.05, 0.1) is 16.8 Å². The first-order valence-corrected chi connectivity index (χ1v) is 22.9. The molecule has 302 valence electrons. The third-order valence-electron chi connectivity index (χ3n) is 15.3. The molecule has 1 nitrogen and oxygen atoms in total. The van der Waals surface area contributed by atoms with Crippen molar-refractivity contribution >= 4 is 17.1 Å². The van der Waals surface area contributed by atoms with Gasteiger partial charge in [-0.15, -0.1) is 0 Å². The van der Waals surface area contributed by atoms with Gasteiger partial charge in [0.1, 0.15) is 0 Å². The zero-order valence-corrected chi connectivity index (χ0v) is 36.4. The lowest BCUT2D eigenvalue weighted by Gasteiger charge is -2.43. The van der Waals surface area contributed by atoms with Gasteiger partial charge in [-0.05, 0) is 164 Å². The quantitative estimate of drug-likeness (QED) is 0.168. The zero-order valence-electron chi connectivity index (χ0n) is 36.4. The highest BCUT2D eigenvalue weighted by molar-refractivity contribution is 6.02. The Bertz CT molecular complexity index is 3030. The van der Waals surface area contributed by atoms with E-state index in [1.165, 1.54) is 125 Å². The maximum absolute atomic E-state index is 2.65. The van der Waals surface area contributed by atoms with Gasteiger partial charge in [0, 0.05) is 16.8 Å². The molecule has 0 saturated carbocycles. The van der Waals surface area contributed by atoms with Crippen molar-refractivity contribution < 1.29 is 0 Å². The zero-order chi connectivity index (χ0) is 41.8. The molecule has 0 N–H and O–H groups in total. The first-order valence-electron chi connectivity index (χ1n) is 22.9. The van der Waals surface area contributed by atoms with Crippen molar-refractivity contribution in [2.75, 3.05) is 4.90 Å². The number of hydrogen-bond donors (Lipinski definition) is 0. The summed E-state index contributed by atoms with van der Waals surface area (Å²) in [5, 5.41) is 0. The van der Waals surface area contributed by atoms with E-state index in [0.29, 0.717) is 0 Å². The van der Waals surface area contributed by atoms with Gasteiger partial charge < -0.3 is 4.90 Å². The highest BCUT2D eigenvalue weighted by Crippen LogP contribution is 2.65. The molecule has 4 aliphatic carbocycles. The fourth-order valence-electron chi connectivity index (χ4n) is 12.3. The van der Waals surface area contributed by atoms with Crippen molar-refractivity contribution in [2.45, 2.75) is 82.5 Å². The highest BCUT2D eigenvalue weighted by Gasteiger charge is 2.52. The number of aryl methyl sites for hydroxylation is 2. The molecule has 0 atom stereocenters. The average molecular weight is 800 g/mol. The lowest BCUT2D eigenvalue weighted by molar-refractivity contribution is 0.333.